The van der Waals surface area contributed by atoms with Gasteiger partial charge in [0, 0.05) is 6.20 Å². The van der Waals surface area contributed by atoms with E-state index in [2.05, 4.69) is 15.4 Å². The first-order chi connectivity index (χ1) is 4.86. The van der Waals surface area contributed by atoms with Gasteiger partial charge in [0.2, 0.25) is 0 Å². The van der Waals surface area contributed by atoms with Crippen molar-refractivity contribution in [2.24, 2.45) is 9.98 Å². The van der Waals surface area contributed by atoms with E-state index in [4.69, 9.17) is 5.21 Å². The van der Waals surface area contributed by atoms with Crippen molar-refractivity contribution in [2.45, 2.75) is 0 Å². The molecule has 0 aliphatic carbocycles. The number of hydroxylamine groups is 1. The molecule has 52 valence electrons. The molecule has 2 rings (SSSR count). The summed E-state index contributed by atoms with van der Waals surface area (Å²) in [4.78, 5) is 7.85. The average Bonchev–Trinajstić information content (AvgIpc) is 2.33. The van der Waals surface area contributed by atoms with Crippen molar-refractivity contribution in [2.75, 3.05) is 6.54 Å². The Labute approximate surface area is 57.3 Å². The Balaban J connectivity index is 2.30. The topological polar surface area (TPSA) is 60.2 Å². The molecule has 0 spiro atoms. The molecular formula is C5H6N4O. The van der Waals surface area contributed by atoms with E-state index in [0.29, 0.717) is 6.54 Å². The van der Waals surface area contributed by atoms with Gasteiger partial charge in [-0.15, -0.1) is 0 Å². The lowest BCUT2D eigenvalue weighted by atomic mass is 10.3. The molecule has 5 nitrogen and oxygen atoms in total. The number of nitrogens with one attached hydrogen (secondary N) is 1. The van der Waals surface area contributed by atoms with Gasteiger partial charge in [0.15, 0.2) is 0 Å². The van der Waals surface area contributed by atoms with Crippen LogP contribution in [0.4, 0.5) is 0 Å². The van der Waals surface area contributed by atoms with Crippen molar-refractivity contribution in [3.63, 3.8) is 0 Å². The number of aliphatic imine (C=N–C) groups is 2. The van der Waals surface area contributed by atoms with E-state index < -0.39 is 0 Å². The van der Waals surface area contributed by atoms with Crippen LogP contribution in [0, 0.1) is 0 Å². The molecule has 2 N–H and O–H groups in total. The summed E-state index contributed by atoms with van der Waals surface area (Å²) in [5.41, 5.74) is 4.18. The second-order valence-corrected chi connectivity index (χ2v) is 2.04. The van der Waals surface area contributed by atoms with E-state index in [9.17, 15) is 0 Å². The normalized spacial score (nSPS) is 23.3. The third-order valence-corrected chi connectivity index (χ3v) is 1.36. The van der Waals surface area contributed by atoms with E-state index >= 15 is 0 Å². The molecule has 0 saturated heterocycles. The minimum Gasteiger partial charge on any atom is -0.301 e. The van der Waals surface area contributed by atoms with Gasteiger partial charge < -0.3 is 5.43 Å². The molecule has 0 saturated carbocycles. The van der Waals surface area contributed by atoms with Crippen LogP contribution in [0.2, 0.25) is 0 Å². The van der Waals surface area contributed by atoms with Crippen LogP contribution in [-0.4, -0.2) is 29.0 Å². The summed E-state index contributed by atoms with van der Waals surface area (Å²) >= 11 is 0. The smallest absolute Gasteiger partial charge is 0.116 e. The van der Waals surface area contributed by atoms with E-state index in [-0.39, 0.29) is 0 Å². The van der Waals surface area contributed by atoms with Crippen LogP contribution in [0.25, 0.3) is 0 Å². The minimum atomic E-state index is 0.381. The van der Waals surface area contributed by atoms with E-state index in [0.717, 1.165) is 16.6 Å². The molecule has 2 heterocycles. The fourth-order valence-electron chi connectivity index (χ4n) is 0.867. The number of hydrazine groups is 1. The summed E-state index contributed by atoms with van der Waals surface area (Å²) in [7, 11) is 0. The predicted molar refractivity (Wildman–Crippen MR) is 35.6 cm³/mol. The Hall–Kier alpha value is -1.20. The van der Waals surface area contributed by atoms with Crippen molar-refractivity contribution < 1.29 is 5.21 Å². The van der Waals surface area contributed by atoms with E-state index in [1.54, 1.807) is 6.20 Å². The van der Waals surface area contributed by atoms with Gasteiger partial charge in [-0.2, -0.15) is 0 Å². The Morgan fingerprint density at radius 1 is 1.70 bits per heavy atom. The molecule has 0 fully saturated rings. The van der Waals surface area contributed by atoms with Crippen LogP contribution in [0.5, 0.6) is 0 Å². The molecular weight excluding hydrogens is 132 g/mol. The van der Waals surface area contributed by atoms with Gasteiger partial charge in [-0.1, -0.05) is 5.17 Å². The van der Waals surface area contributed by atoms with Crippen molar-refractivity contribution in [1.82, 2.24) is 10.6 Å². The quantitative estimate of drug-likeness (QED) is 0.475. The predicted octanol–water partition coefficient (Wildman–Crippen LogP) is -0.480. The maximum atomic E-state index is 8.90. The second-order valence-electron chi connectivity index (χ2n) is 2.04. The van der Waals surface area contributed by atoms with Crippen LogP contribution in [-0.2, 0) is 0 Å². The van der Waals surface area contributed by atoms with Gasteiger partial charge in [0.05, 0.1) is 12.3 Å². The number of rotatable bonds is 0. The van der Waals surface area contributed by atoms with Crippen LogP contribution < -0.4 is 5.43 Å². The van der Waals surface area contributed by atoms with Gasteiger partial charge in [-0.05, 0) is 0 Å². The van der Waals surface area contributed by atoms with Gasteiger partial charge in [-0.3, -0.25) is 5.21 Å². The number of nitrogens with zero attached hydrogens (tertiary/aromatic N) is 3. The fourth-order valence-corrected chi connectivity index (χ4v) is 0.867. The molecule has 0 aromatic carbocycles. The lowest BCUT2D eigenvalue weighted by Crippen LogP contribution is -2.39. The van der Waals surface area contributed by atoms with Crippen LogP contribution in [0.1, 0.15) is 0 Å². The zero-order valence-corrected chi connectivity index (χ0v) is 5.15. The lowest BCUT2D eigenvalue weighted by molar-refractivity contribution is -0.112. The highest BCUT2D eigenvalue weighted by Gasteiger charge is 2.17. The van der Waals surface area contributed by atoms with Crippen LogP contribution in [0.3, 0.4) is 0 Å². The Kier molecular flexibility index (Phi) is 1.06. The standard InChI is InChI=1S/C5H6N4O/c10-9-2-5-4(1-8-9)6-3-7-5/h1,3,8,10H,2H2. The van der Waals surface area contributed by atoms with Gasteiger partial charge in [0.25, 0.3) is 0 Å². The molecule has 0 bridgehead atoms. The first-order valence-electron chi connectivity index (χ1n) is 2.88. The molecule has 5 heteroatoms. The van der Waals surface area contributed by atoms with Crippen molar-refractivity contribution in [3.05, 3.63) is 11.9 Å². The largest absolute Gasteiger partial charge is 0.301 e. The summed E-state index contributed by atoms with van der Waals surface area (Å²) in [6.45, 7) is 0.381. The Bertz CT molecular complexity index is 242. The molecule has 0 unspecified atom stereocenters. The summed E-state index contributed by atoms with van der Waals surface area (Å²) < 4.78 is 0. The molecule has 2 aliphatic rings. The van der Waals surface area contributed by atoms with E-state index in [1.807, 2.05) is 0 Å². The molecule has 10 heavy (non-hydrogen) atoms. The number of fused-ring (bicyclic) bond motifs is 1. The maximum absolute atomic E-state index is 8.90. The Morgan fingerprint density at radius 3 is 3.50 bits per heavy atom. The number of hydrogen-bond donors (Lipinski definition) is 2. The first-order valence-corrected chi connectivity index (χ1v) is 2.88. The maximum Gasteiger partial charge on any atom is 0.116 e. The Morgan fingerprint density at radius 2 is 2.60 bits per heavy atom. The second kappa shape index (κ2) is 1.89. The zero-order valence-electron chi connectivity index (χ0n) is 5.15. The highest BCUT2D eigenvalue weighted by Crippen LogP contribution is 2.08. The average molecular weight is 138 g/mol. The summed E-state index contributed by atoms with van der Waals surface area (Å²) in [6, 6.07) is 0. The molecule has 0 atom stereocenters. The fraction of sp³-hybridized carbons (Fsp3) is 0.200. The molecule has 0 radical (unpaired) electrons. The highest BCUT2D eigenvalue weighted by atomic mass is 16.5. The minimum absolute atomic E-state index is 0.381. The number of hydrogen-bond acceptors (Lipinski definition) is 5. The zero-order chi connectivity index (χ0) is 6.97. The molecule has 0 aromatic heterocycles. The molecule has 0 amide bonds. The molecule has 0 aromatic rings. The van der Waals surface area contributed by atoms with Gasteiger partial charge >= 0.3 is 0 Å². The van der Waals surface area contributed by atoms with Crippen LogP contribution >= 0.6 is 0 Å². The molecule has 2 aliphatic heterocycles. The van der Waals surface area contributed by atoms with Crippen LogP contribution in [0.15, 0.2) is 21.9 Å². The van der Waals surface area contributed by atoms with E-state index in [1.165, 1.54) is 6.34 Å². The first kappa shape index (κ1) is 5.57. The third kappa shape index (κ3) is 0.722. The summed E-state index contributed by atoms with van der Waals surface area (Å²) in [6.07, 6.45) is 3.08. The van der Waals surface area contributed by atoms with Gasteiger partial charge in [-0.25, -0.2) is 9.98 Å². The van der Waals surface area contributed by atoms with Gasteiger partial charge in [0.1, 0.15) is 12.0 Å². The monoisotopic (exact) mass is 138 g/mol. The third-order valence-electron chi connectivity index (χ3n) is 1.36. The SMILES string of the molecule is ON1CC2=NC=NC2=CN1. The van der Waals surface area contributed by atoms with Crippen molar-refractivity contribution in [3.8, 4) is 0 Å². The summed E-state index contributed by atoms with van der Waals surface area (Å²) in [5.74, 6) is 0. The summed E-state index contributed by atoms with van der Waals surface area (Å²) in [5, 5.41) is 9.85. The lowest BCUT2D eigenvalue weighted by Gasteiger charge is -2.18. The highest BCUT2D eigenvalue weighted by molar-refractivity contribution is 6.09. The van der Waals surface area contributed by atoms with Crippen molar-refractivity contribution in [1.29, 1.82) is 0 Å². The van der Waals surface area contributed by atoms with Crippen molar-refractivity contribution >= 4 is 12.1 Å².